The maximum atomic E-state index is 12.0. The fourth-order valence-corrected chi connectivity index (χ4v) is 1.47. The van der Waals surface area contributed by atoms with Gasteiger partial charge in [-0.05, 0) is 17.7 Å². The van der Waals surface area contributed by atoms with Gasteiger partial charge >= 0.3 is 6.36 Å². The molecule has 0 unspecified atom stereocenters. The van der Waals surface area contributed by atoms with Crippen molar-refractivity contribution >= 4 is 5.91 Å². The van der Waals surface area contributed by atoms with E-state index in [-0.39, 0.29) is 18.2 Å². The van der Waals surface area contributed by atoms with Crippen LogP contribution in [-0.2, 0) is 6.54 Å². The number of rotatable bonds is 4. The molecule has 1 amide bonds. The monoisotopic (exact) mass is 285 g/mol. The van der Waals surface area contributed by atoms with Gasteiger partial charge in [0.1, 0.15) is 5.75 Å². The molecule has 2 rings (SSSR count). The van der Waals surface area contributed by atoms with Crippen LogP contribution >= 0.6 is 0 Å². The van der Waals surface area contributed by atoms with Crippen molar-refractivity contribution in [1.29, 1.82) is 0 Å². The molecule has 0 bridgehead atoms. The fourth-order valence-electron chi connectivity index (χ4n) is 1.47. The Bertz CT molecular complexity index is 565. The summed E-state index contributed by atoms with van der Waals surface area (Å²) in [4.78, 5) is 11.6. The SMILES string of the molecule is O=C(NCc1ccc(OC(F)(F)F)cc1)c1cn[nH]c1. The molecule has 0 aliphatic carbocycles. The summed E-state index contributed by atoms with van der Waals surface area (Å²) in [5, 5.41) is 8.75. The molecular formula is C12H10F3N3O2. The number of nitrogens with one attached hydrogen (secondary N) is 2. The average molecular weight is 285 g/mol. The average Bonchev–Trinajstić information content (AvgIpc) is 2.89. The van der Waals surface area contributed by atoms with E-state index in [0.29, 0.717) is 11.1 Å². The van der Waals surface area contributed by atoms with Crippen molar-refractivity contribution in [2.24, 2.45) is 0 Å². The second-order valence-corrected chi connectivity index (χ2v) is 3.86. The summed E-state index contributed by atoms with van der Waals surface area (Å²) >= 11 is 0. The van der Waals surface area contributed by atoms with Crippen molar-refractivity contribution in [2.75, 3.05) is 0 Å². The Hall–Kier alpha value is -2.51. The highest BCUT2D eigenvalue weighted by molar-refractivity contribution is 5.93. The van der Waals surface area contributed by atoms with Crippen LogP contribution in [0.3, 0.4) is 0 Å². The number of amides is 1. The lowest BCUT2D eigenvalue weighted by molar-refractivity contribution is -0.274. The van der Waals surface area contributed by atoms with Crippen LogP contribution in [0.4, 0.5) is 13.2 Å². The summed E-state index contributed by atoms with van der Waals surface area (Å²) in [5.74, 6) is -0.628. The minimum atomic E-state index is -4.71. The van der Waals surface area contributed by atoms with E-state index in [1.165, 1.54) is 36.7 Å². The zero-order valence-electron chi connectivity index (χ0n) is 10.1. The van der Waals surface area contributed by atoms with Gasteiger partial charge in [0.25, 0.3) is 5.91 Å². The van der Waals surface area contributed by atoms with Crippen molar-refractivity contribution in [3.05, 3.63) is 47.8 Å². The number of hydrogen-bond acceptors (Lipinski definition) is 3. The molecule has 1 aromatic carbocycles. The third kappa shape index (κ3) is 4.01. The first-order chi connectivity index (χ1) is 9.44. The van der Waals surface area contributed by atoms with Crippen molar-refractivity contribution in [3.63, 3.8) is 0 Å². The molecule has 106 valence electrons. The normalized spacial score (nSPS) is 11.2. The quantitative estimate of drug-likeness (QED) is 0.905. The molecule has 0 spiro atoms. The second kappa shape index (κ2) is 5.64. The van der Waals surface area contributed by atoms with Gasteiger partial charge in [0.05, 0.1) is 11.8 Å². The number of ether oxygens (including phenoxy) is 1. The van der Waals surface area contributed by atoms with E-state index in [0.717, 1.165) is 0 Å². The summed E-state index contributed by atoms with van der Waals surface area (Å²) < 4.78 is 39.6. The molecule has 0 radical (unpaired) electrons. The van der Waals surface area contributed by atoms with Crippen LogP contribution in [0.25, 0.3) is 0 Å². The van der Waals surface area contributed by atoms with Crippen LogP contribution in [0.5, 0.6) is 5.75 Å². The third-order valence-corrected chi connectivity index (χ3v) is 2.37. The van der Waals surface area contributed by atoms with Gasteiger partial charge in [-0.3, -0.25) is 9.89 Å². The van der Waals surface area contributed by atoms with E-state index in [1.807, 2.05) is 0 Å². The Morgan fingerprint density at radius 3 is 2.55 bits per heavy atom. The standard InChI is InChI=1S/C12H10F3N3O2/c13-12(14,15)20-10-3-1-8(2-4-10)5-16-11(19)9-6-17-18-7-9/h1-4,6-7H,5H2,(H,16,19)(H,17,18). The maximum Gasteiger partial charge on any atom is 0.573 e. The number of benzene rings is 1. The summed E-state index contributed by atoms with van der Waals surface area (Å²) in [5.41, 5.74) is 1.03. The predicted molar refractivity (Wildman–Crippen MR) is 62.9 cm³/mol. The molecule has 1 heterocycles. The summed E-state index contributed by atoms with van der Waals surface area (Å²) in [6.07, 6.45) is -1.90. The molecule has 2 N–H and O–H groups in total. The minimum Gasteiger partial charge on any atom is -0.406 e. The number of nitrogens with zero attached hydrogens (tertiary/aromatic N) is 1. The second-order valence-electron chi connectivity index (χ2n) is 3.86. The Balaban J connectivity index is 1.89. The zero-order chi connectivity index (χ0) is 14.6. The molecule has 20 heavy (non-hydrogen) atoms. The highest BCUT2D eigenvalue weighted by atomic mass is 19.4. The van der Waals surface area contributed by atoms with Gasteiger partial charge in [0.2, 0.25) is 0 Å². The van der Waals surface area contributed by atoms with Crippen LogP contribution in [0.1, 0.15) is 15.9 Å². The Labute approximate surface area is 111 Å². The molecule has 5 nitrogen and oxygen atoms in total. The Kier molecular flexibility index (Phi) is 3.92. The van der Waals surface area contributed by atoms with Gasteiger partial charge < -0.3 is 10.1 Å². The molecule has 2 aromatic rings. The van der Waals surface area contributed by atoms with E-state index < -0.39 is 6.36 Å². The van der Waals surface area contributed by atoms with E-state index >= 15 is 0 Å². The topological polar surface area (TPSA) is 67.0 Å². The molecule has 0 saturated heterocycles. The first kappa shape index (κ1) is 13.9. The zero-order valence-corrected chi connectivity index (χ0v) is 10.1. The number of H-pyrrole nitrogens is 1. The van der Waals surface area contributed by atoms with Gasteiger partial charge in [0, 0.05) is 12.7 Å². The van der Waals surface area contributed by atoms with Crippen LogP contribution in [-0.4, -0.2) is 22.5 Å². The van der Waals surface area contributed by atoms with Gasteiger partial charge in [0.15, 0.2) is 0 Å². The van der Waals surface area contributed by atoms with Crippen LogP contribution in [0.2, 0.25) is 0 Å². The van der Waals surface area contributed by atoms with Gasteiger partial charge in [-0.25, -0.2) is 0 Å². The number of aromatic amines is 1. The summed E-state index contributed by atoms with van der Waals surface area (Å²) in [7, 11) is 0. The van der Waals surface area contributed by atoms with Crippen molar-refractivity contribution < 1.29 is 22.7 Å². The first-order valence-electron chi connectivity index (χ1n) is 5.56. The number of alkyl halides is 3. The first-order valence-corrected chi connectivity index (χ1v) is 5.56. The predicted octanol–water partition coefficient (Wildman–Crippen LogP) is 2.24. The van der Waals surface area contributed by atoms with Crippen molar-refractivity contribution in [1.82, 2.24) is 15.5 Å². The van der Waals surface area contributed by atoms with Crippen LogP contribution < -0.4 is 10.1 Å². The molecule has 1 aromatic heterocycles. The molecule has 0 atom stereocenters. The van der Waals surface area contributed by atoms with Crippen LogP contribution in [0.15, 0.2) is 36.7 Å². The Morgan fingerprint density at radius 1 is 1.30 bits per heavy atom. The van der Waals surface area contributed by atoms with Crippen molar-refractivity contribution in [3.8, 4) is 5.75 Å². The number of halogens is 3. The van der Waals surface area contributed by atoms with Crippen molar-refractivity contribution in [2.45, 2.75) is 12.9 Å². The lowest BCUT2D eigenvalue weighted by atomic mass is 10.2. The van der Waals surface area contributed by atoms with E-state index in [1.54, 1.807) is 0 Å². The summed E-state index contributed by atoms with van der Waals surface area (Å²) in [6.45, 7) is 0.191. The minimum absolute atomic E-state index is 0.191. The molecule has 0 fully saturated rings. The number of aromatic nitrogens is 2. The summed E-state index contributed by atoms with van der Waals surface area (Å²) in [6, 6.07) is 5.26. The largest absolute Gasteiger partial charge is 0.573 e. The molecule has 0 aliphatic rings. The maximum absolute atomic E-state index is 12.0. The molecule has 0 aliphatic heterocycles. The van der Waals surface area contributed by atoms with Gasteiger partial charge in [-0.15, -0.1) is 13.2 Å². The van der Waals surface area contributed by atoms with E-state index in [2.05, 4.69) is 20.3 Å². The molecule has 0 saturated carbocycles. The highest BCUT2D eigenvalue weighted by Crippen LogP contribution is 2.22. The lowest BCUT2D eigenvalue weighted by Crippen LogP contribution is -2.22. The van der Waals surface area contributed by atoms with Gasteiger partial charge in [-0.1, -0.05) is 12.1 Å². The fraction of sp³-hybridized carbons (Fsp3) is 0.167. The molecular weight excluding hydrogens is 275 g/mol. The smallest absolute Gasteiger partial charge is 0.406 e. The molecule has 8 heteroatoms. The van der Waals surface area contributed by atoms with E-state index in [9.17, 15) is 18.0 Å². The van der Waals surface area contributed by atoms with Gasteiger partial charge in [-0.2, -0.15) is 5.10 Å². The highest BCUT2D eigenvalue weighted by Gasteiger charge is 2.30. The lowest BCUT2D eigenvalue weighted by Gasteiger charge is -2.09. The van der Waals surface area contributed by atoms with E-state index in [4.69, 9.17) is 0 Å². The number of carbonyl (C=O) groups is 1. The van der Waals surface area contributed by atoms with Crippen LogP contribution in [0, 0.1) is 0 Å². The third-order valence-electron chi connectivity index (χ3n) is 2.37. The number of hydrogen-bond donors (Lipinski definition) is 2. The number of carbonyl (C=O) groups excluding carboxylic acids is 1. The Morgan fingerprint density at radius 2 is 2.00 bits per heavy atom.